The van der Waals surface area contributed by atoms with Gasteiger partial charge in [-0.3, -0.25) is 29.3 Å². The van der Waals surface area contributed by atoms with Crippen molar-refractivity contribution in [3.8, 4) is 22.1 Å². The zero-order chi connectivity index (χ0) is 41.4. The highest BCUT2D eigenvalue weighted by Crippen LogP contribution is 2.39. The number of aldehydes is 1. The van der Waals surface area contributed by atoms with Crippen LogP contribution in [-0.4, -0.2) is 145 Å². The maximum Gasteiger partial charge on any atom is 0.308 e. The molecule has 4 aromatic rings. The fraction of sp³-hybridized carbons (Fsp3) is 0.488. The molecule has 1 aliphatic heterocycles. The number of carbonyl (C=O) groups excluding carboxylic acids is 3. The van der Waals surface area contributed by atoms with Crippen molar-refractivity contribution in [2.45, 2.75) is 31.8 Å². The number of hydrogen-bond donors (Lipinski definition) is 2. The average molecular weight is 827 g/mol. The van der Waals surface area contributed by atoms with Gasteiger partial charge < -0.3 is 44.0 Å². The number of fused-ring (bicyclic) bond motifs is 1. The molecule has 17 heteroatoms. The molecular formula is C41H55FN6O9S. The number of likely N-dealkylation sites (N-methyl/N-ethyl adjacent to an activating group) is 1. The van der Waals surface area contributed by atoms with E-state index in [1.54, 1.807) is 49.9 Å². The first-order chi connectivity index (χ1) is 28.3. The third kappa shape index (κ3) is 17.1. The molecule has 316 valence electrons. The molecule has 0 spiro atoms. The Hall–Kier alpha value is -4.62. The third-order valence-electron chi connectivity index (χ3n) is 8.72. The van der Waals surface area contributed by atoms with Crippen LogP contribution in [-0.2, 0) is 44.6 Å². The van der Waals surface area contributed by atoms with E-state index in [2.05, 4.69) is 49.3 Å². The second kappa shape index (κ2) is 26.4. The number of rotatable bonds is 22. The van der Waals surface area contributed by atoms with Crippen molar-refractivity contribution in [2.24, 2.45) is 0 Å². The van der Waals surface area contributed by atoms with E-state index in [4.69, 9.17) is 28.7 Å². The number of nitrogens with one attached hydrogen (secondary N) is 2. The van der Waals surface area contributed by atoms with Gasteiger partial charge in [-0.15, -0.1) is 11.3 Å². The minimum absolute atomic E-state index is 0.133. The van der Waals surface area contributed by atoms with Crippen LogP contribution in [0, 0.1) is 5.82 Å². The van der Waals surface area contributed by atoms with E-state index in [1.807, 2.05) is 12.3 Å². The van der Waals surface area contributed by atoms with Gasteiger partial charge >= 0.3 is 5.97 Å². The molecule has 1 amide bonds. The second-order valence-corrected chi connectivity index (χ2v) is 14.3. The van der Waals surface area contributed by atoms with Crippen molar-refractivity contribution >= 4 is 45.9 Å². The fourth-order valence-electron chi connectivity index (χ4n) is 5.29. The molecule has 1 aliphatic carbocycles. The van der Waals surface area contributed by atoms with Crippen LogP contribution in [0.15, 0.2) is 54.9 Å². The number of methoxy groups -OCH3 is 1. The Morgan fingerprint density at radius 2 is 1.64 bits per heavy atom. The summed E-state index contributed by atoms with van der Waals surface area (Å²) >= 11 is 1.55. The Morgan fingerprint density at radius 3 is 2.24 bits per heavy atom. The normalized spacial score (nSPS) is 14.1. The highest BCUT2D eigenvalue weighted by molar-refractivity contribution is 7.22. The number of thiophene rings is 1. The largest absolute Gasteiger partial charge is 0.458 e. The van der Waals surface area contributed by atoms with Crippen LogP contribution in [0.25, 0.3) is 20.8 Å². The Bertz CT molecular complexity index is 1810. The molecule has 58 heavy (non-hydrogen) atoms. The van der Waals surface area contributed by atoms with E-state index in [0.29, 0.717) is 63.4 Å². The van der Waals surface area contributed by atoms with Crippen molar-refractivity contribution in [2.75, 3.05) is 106 Å². The molecule has 15 nitrogen and oxygen atoms in total. The molecule has 2 N–H and O–H groups in total. The molecule has 1 saturated carbocycles. The van der Waals surface area contributed by atoms with Crippen LogP contribution < -0.4 is 15.4 Å². The van der Waals surface area contributed by atoms with Crippen LogP contribution in [0.1, 0.15) is 24.8 Å². The number of esters is 1. The zero-order valence-electron chi connectivity index (χ0n) is 33.5. The number of hydrogen-bond acceptors (Lipinski definition) is 15. The van der Waals surface area contributed by atoms with Crippen LogP contribution in [0.5, 0.6) is 11.5 Å². The van der Waals surface area contributed by atoms with E-state index in [-0.39, 0.29) is 25.4 Å². The summed E-state index contributed by atoms with van der Waals surface area (Å²) < 4.78 is 46.1. The standard InChI is InChI=1S/C25H26FN5OS.C12H22O7.C4H7NO/c1-27-18-4-6-22(19(26)13-18)32-23-7-8-28-21-14-24(33-25(21)23)20-5-3-17(15-29-20)16-31-11-9-30(2)10-12-31;1-15-6-7-17-10-11-18-9-8-16-4-2-12(14)19-5-3-13;6-3-5-4-1-2-4/h3-8,13-15,27H,9-12,16H2,1-2H3;3H,2,4-11H2,1H3;3-4H,1-2H2,(H,5,6). The number of pyridine rings is 2. The highest BCUT2D eigenvalue weighted by atomic mass is 32.1. The number of ether oxygens (including phenoxy) is 6. The van der Waals surface area contributed by atoms with Crippen molar-refractivity contribution < 1.29 is 47.2 Å². The number of piperazine rings is 1. The molecule has 0 bridgehead atoms. The minimum atomic E-state index is -0.445. The molecule has 6 rings (SSSR count). The molecule has 3 aromatic heterocycles. The lowest BCUT2D eigenvalue weighted by Gasteiger charge is -2.32. The van der Waals surface area contributed by atoms with Gasteiger partial charge in [-0.1, -0.05) is 6.07 Å². The lowest BCUT2D eigenvalue weighted by Crippen LogP contribution is -2.43. The molecule has 4 heterocycles. The highest BCUT2D eigenvalue weighted by Gasteiger charge is 2.19. The van der Waals surface area contributed by atoms with E-state index in [1.165, 1.54) is 24.5 Å². The maximum absolute atomic E-state index is 14.4. The fourth-order valence-corrected chi connectivity index (χ4v) is 6.33. The Kier molecular flexibility index (Phi) is 21.0. The van der Waals surface area contributed by atoms with Gasteiger partial charge in [0.25, 0.3) is 0 Å². The predicted octanol–water partition coefficient (Wildman–Crippen LogP) is 4.79. The first-order valence-electron chi connectivity index (χ1n) is 19.2. The molecule has 0 radical (unpaired) electrons. The second-order valence-electron chi connectivity index (χ2n) is 13.3. The summed E-state index contributed by atoms with van der Waals surface area (Å²) in [4.78, 5) is 45.4. The molecule has 1 saturated heterocycles. The summed E-state index contributed by atoms with van der Waals surface area (Å²) in [5.41, 5.74) is 3.62. The minimum Gasteiger partial charge on any atom is -0.458 e. The number of benzene rings is 1. The molecule has 0 unspecified atom stereocenters. The van der Waals surface area contributed by atoms with Gasteiger partial charge in [0.05, 0.1) is 73.5 Å². The lowest BCUT2D eigenvalue weighted by molar-refractivity contribution is -0.146. The predicted molar refractivity (Wildman–Crippen MR) is 220 cm³/mol. The van der Waals surface area contributed by atoms with Gasteiger partial charge in [0, 0.05) is 83.1 Å². The van der Waals surface area contributed by atoms with Gasteiger partial charge in [0.1, 0.15) is 12.4 Å². The van der Waals surface area contributed by atoms with Crippen LogP contribution in [0.3, 0.4) is 0 Å². The van der Waals surface area contributed by atoms with Crippen molar-refractivity contribution in [3.63, 3.8) is 0 Å². The van der Waals surface area contributed by atoms with E-state index < -0.39 is 11.8 Å². The summed E-state index contributed by atoms with van der Waals surface area (Å²) in [5, 5.41) is 5.56. The quantitative estimate of drug-likeness (QED) is 0.0632. The summed E-state index contributed by atoms with van der Waals surface area (Å²) in [6, 6.07) is 13.3. The van der Waals surface area contributed by atoms with Crippen molar-refractivity contribution in [1.29, 1.82) is 0 Å². The Labute approximate surface area is 343 Å². The van der Waals surface area contributed by atoms with Gasteiger partial charge in [-0.2, -0.15) is 0 Å². The summed E-state index contributed by atoms with van der Waals surface area (Å²) in [6.45, 7) is 8.33. The lowest BCUT2D eigenvalue weighted by atomic mass is 10.2. The van der Waals surface area contributed by atoms with E-state index in [9.17, 15) is 18.8 Å². The topological polar surface area (TPSA) is 163 Å². The van der Waals surface area contributed by atoms with Gasteiger partial charge in [-0.25, -0.2) is 4.39 Å². The van der Waals surface area contributed by atoms with Gasteiger partial charge in [0.15, 0.2) is 17.9 Å². The number of aromatic nitrogens is 2. The summed E-state index contributed by atoms with van der Waals surface area (Å²) in [6.07, 6.45) is 7.42. The zero-order valence-corrected chi connectivity index (χ0v) is 34.3. The van der Waals surface area contributed by atoms with Crippen LogP contribution in [0.2, 0.25) is 0 Å². The monoisotopic (exact) mass is 826 g/mol. The smallest absolute Gasteiger partial charge is 0.308 e. The van der Waals surface area contributed by atoms with Crippen LogP contribution >= 0.6 is 11.3 Å². The molecular weight excluding hydrogens is 772 g/mol. The average Bonchev–Trinajstić information content (AvgIpc) is 3.95. The molecule has 1 aromatic carbocycles. The molecule has 2 fully saturated rings. The maximum atomic E-state index is 14.4. The first-order valence-corrected chi connectivity index (χ1v) is 20.1. The van der Waals surface area contributed by atoms with Gasteiger partial charge in [-0.05, 0) is 49.7 Å². The van der Waals surface area contributed by atoms with Crippen molar-refractivity contribution in [3.05, 3.63) is 66.2 Å². The number of halogens is 1. The van der Waals surface area contributed by atoms with Crippen molar-refractivity contribution in [1.82, 2.24) is 25.1 Å². The summed E-state index contributed by atoms with van der Waals surface area (Å²) in [5.74, 6) is -0.0948. The Morgan fingerprint density at radius 1 is 0.914 bits per heavy atom. The molecule has 0 atom stereocenters. The Balaban J connectivity index is 0.000000251. The number of nitrogens with zero attached hydrogens (tertiary/aromatic N) is 4. The molecule has 2 aliphatic rings. The SMILES string of the molecule is CNc1ccc(Oc2ccnc3cc(-c4ccc(CN5CCN(C)CC5)cn4)sc23)c(F)c1.COCCOCCOCCOCCC(=O)OCC=O.O=CNC1CC1. The number of anilines is 1. The number of carbonyl (C=O) groups is 3. The van der Waals surface area contributed by atoms with E-state index in [0.717, 1.165) is 59.9 Å². The van der Waals surface area contributed by atoms with Gasteiger partial charge in [0.2, 0.25) is 6.41 Å². The van der Waals surface area contributed by atoms with E-state index >= 15 is 0 Å². The van der Waals surface area contributed by atoms with Crippen LogP contribution in [0.4, 0.5) is 10.1 Å². The summed E-state index contributed by atoms with van der Waals surface area (Å²) in [7, 11) is 5.54. The number of amides is 1. The third-order valence-corrected chi connectivity index (χ3v) is 9.88. The first kappa shape index (κ1) is 46.1.